The quantitative estimate of drug-likeness (QED) is 0.585. The van der Waals surface area contributed by atoms with E-state index in [-0.39, 0.29) is 23.9 Å². The number of amides is 1. The van der Waals surface area contributed by atoms with Crippen molar-refractivity contribution in [2.24, 2.45) is 16.3 Å². The van der Waals surface area contributed by atoms with E-state index in [9.17, 15) is 4.79 Å². The van der Waals surface area contributed by atoms with Crippen molar-refractivity contribution in [3.8, 4) is 5.75 Å². The van der Waals surface area contributed by atoms with Gasteiger partial charge in [0.05, 0.1) is 18.8 Å². The van der Waals surface area contributed by atoms with E-state index in [4.69, 9.17) is 14.5 Å². The minimum atomic E-state index is -0.00230. The maximum absolute atomic E-state index is 12.2. The van der Waals surface area contributed by atoms with E-state index in [0.29, 0.717) is 24.7 Å². The third kappa shape index (κ3) is 3.23. The Hall–Kier alpha value is -2.28. The largest absolute Gasteiger partial charge is 0.493 e. The zero-order valence-electron chi connectivity index (χ0n) is 17.9. The molecule has 2 saturated carbocycles. The second-order valence-electron chi connectivity index (χ2n) is 9.28. The number of benzene rings is 1. The monoisotopic (exact) mass is 412 g/mol. The van der Waals surface area contributed by atoms with Crippen LogP contribution in [0.2, 0.25) is 0 Å². The van der Waals surface area contributed by atoms with Crippen LogP contribution in [0.4, 0.5) is 0 Å². The third-order valence-corrected chi connectivity index (χ3v) is 7.47. The molecule has 3 fully saturated rings. The first kappa shape index (κ1) is 19.7. The van der Waals surface area contributed by atoms with Gasteiger partial charge in [-0.2, -0.15) is 0 Å². The van der Waals surface area contributed by atoms with Crippen molar-refractivity contribution in [1.82, 2.24) is 15.5 Å². The second kappa shape index (κ2) is 7.76. The van der Waals surface area contributed by atoms with Crippen LogP contribution >= 0.6 is 0 Å². The fourth-order valence-electron chi connectivity index (χ4n) is 5.68. The molecule has 2 N–H and O–H groups in total. The van der Waals surface area contributed by atoms with Gasteiger partial charge in [0.25, 0.3) is 0 Å². The second-order valence-corrected chi connectivity index (χ2v) is 9.28. The van der Waals surface area contributed by atoms with Crippen molar-refractivity contribution in [3.63, 3.8) is 0 Å². The molecular formula is C23H32N4O3. The zero-order valence-corrected chi connectivity index (χ0v) is 17.9. The van der Waals surface area contributed by atoms with Crippen LogP contribution < -0.4 is 15.4 Å². The number of guanidine groups is 1. The van der Waals surface area contributed by atoms with Gasteiger partial charge >= 0.3 is 0 Å². The molecule has 1 amide bonds. The lowest BCUT2D eigenvalue weighted by molar-refractivity contribution is -0.171. The SMILES string of the molecule is CN(C)C(=O)CN=C(NC1CCOc2ccccc21)NC1C2CCOC2C12CCC2. The topological polar surface area (TPSA) is 75.2 Å². The van der Waals surface area contributed by atoms with Crippen molar-refractivity contribution in [3.05, 3.63) is 29.8 Å². The molecule has 4 unspecified atom stereocenters. The number of nitrogens with one attached hydrogen (secondary N) is 2. The van der Waals surface area contributed by atoms with Gasteiger partial charge in [-0.15, -0.1) is 0 Å². The number of nitrogens with zero attached hydrogens (tertiary/aromatic N) is 2. The summed E-state index contributed by atoms with van der Waals surface area (Å²) in [5.41, 5.74) is 1.40. The Morgan fingerprint density at radius 3 is 2.80 bits per heavy atom. The minimum absolute atomic E-state index is 0.00230. The molecule has 1 saturated heterocycles. The highest BCUT2D eigenvalue weighted by Gasteiger charge is 2.66. The summed E-state index contributed by atoms with van der Waals surface area (Å²) in [5.74, 6) is 2.20. The number of rotatable bonds is 4. The summed E-state index contributed by atoms with van der Waals surface area (Å²) in [5, 5.41) is 7.36. The van der Waals surface area contributed by atoms with Crippen molar-refractivity contribution < 1.29 is 14.3 Å². The van der Waals surface area contributed by atoms with Crippen molar-refractivity contribution in [2.75, 3.05) is 33.9 Å². The van der Waals surface area contributed by atoms with Gasteiger partial charge in [-0.3, -0.25) is 4.79 Å². The van der Waals surface area contributed by atoms with Crippen LogP contribution in [0, 0.1) is 11.3 Å². The van der Waals surface area contributed by atoms with Crippen molar-refractivity contribution >= 4 is 11.9 Å². The first-order valence-electron chi connectivity index (χ1n) is 11.2. The molecule has 2 aliphatic carbocycles. The average Bonchev–Trinajstić information content (AvgIpc) is 3.13. The lowest BCUT2D eigenvalue weighted by Gasteiger charge is -2.63. The van der Waals surface area contributed by atoms with Crippen LogP contribution in [0.5, 0.6) is 5.75 Å². The molecule has 7 nitrogen and oxygen atoms in total. The summed E-state index contributed by atoms with van der Waals surface area (Å²) in [7, 11) is 3.53. The number of likely N-dealkylation sites (N-methyl/N-ethyl adjacent to an activating group) is 1. The number of ether oxygens (including phenoxy) is 2. The molecule has 0 radical (unpaired) electrons. The minimum Gasteiger partial charge on any atom is -0.493 e. The molecule has 1 spiro atoms. The molecule has 4 atom stereocenters. The lowest BCUT2D eigenvalue weighted by atomic mass is 9.46. The van der Waals surface area contributed by atoms with E-state index in [1.54, 1.807) is 19.0 Å². The Labute approximate surface area is 178 Å². The molecule has 1 aromatic rings. The zero-order chi connectivity index (χ0) is 20.7. The maximum Gasteiger partial charge on any atom is 0.243 e. The maximum atomic E-state index is 12.2. The van der Waals surface area contributed by atoms with Crippen LogP contribution in [0.15, 0.2) is 29.3 Å². The molecule has 162 valence electrons. The van der Waals surface area contributed by atoms with Gasteiger partial charge in [-0.25, -0.2) is 4.99 Å². The van der Waals surface area contributed by atoms with Crippen LogP contribution in [0.1, 0.15) is 43.7 Å². The summed E-state index contributed by atoms with van der Waals surface area (Å²) in [6.45, 7) is 1.67. The van der Waals surface area contributed by atoms with Crippen LogP contribution in [-0.2, 0) is 9.53 Å². The number of aliphatic imine (C=N–C) groups is 1. The summed E-state index contributed by atoms with van der Waals surface area (Å²) in [4.78, 5) is 18.5. The van der Waals surface area contributed by atoms with Gasteiger partial charge in [-0.05, 0) is 25.3 Å². The summed E-state index contributed by atoms with van der Waals surface area (Å²) < 4.78 is 11.9. The van der Waals surface area contributed by atoms with Crippen LogP contribution in [0.3, 0.4) is 0 Å². The highest BCUT2D eigenvalue weighted by molar-refractivity contribution is 5.85. The van der Waals surface area contributed by atoms with E-state index in [1.165, 1.54) is 19.3 Å². The Morgan fingerprint density at radius 1 is 1.20 bits per heavy atom. The number of hydrogen-bond acceptors (Lipinski definition) is 4. The molecular weight excluding hydrogens is 380 g/mol. The molecule has 5 rings (SSSR count). The van der Waals surface area contributed by atoms with Gasteiger partial charge in [0.1, 0.15) is 12.3 Å². The Bertz CT molecular complexity index is 835. The fourth-order valence-corrected chi connectivity index (χ4v) is 5.68. The third-order valence-electron chi connectivity index (χ3n) is 7.47. The van der Waals surface area contributed by atoms with Gasteiger partial charge in [0.15, 0.2) is 5.96 Å². The van der Waals surface area contributed by atoms with E-state index in [0.717, 1.165) is 36.7 Å². The first-order chi connectivity index (χ1) is 14.6. The normalized spacial score (nSPS) is 30.9. The number of carbonyl (C=O) groups is 1. The van der Waals surface area contributed by atoms with Gasteiger partial charge in [0.2, 0.25) is 5.91 Å². The van der Waals surface area contributed by atoms with E-state index in [1.807, 2.05) is 18.2 Å². The lowest BCUT2D eigenvalue weighted by Crippen LogP contribution is -2.72. The summed E-state index contributed by atoms with van der Waals surface area (Å²) in [6, 6.07) is 8.64. The molecule has 7 heteroatoms. The fraction of sp³-hybridized carbons (Fsp3) is 0.652. The molecule has 30 heavy (non-hydrogen) atoms. The molecule has 2 heterocycles. The Kier molecular flexibility index (Phi) is 5.09. The first-order valence-corrected chi connectivity index (χ1v) is 11.2. The van der Waals surface area contributed by atoms with Gasteiger partial charge < -0.3 is 25.0 Å². The standard InChI is InChI=1S/C23H32N4O3/c1-27(2)19(28)14-24-22(25-17-9-13-29-18-7-4-3-6-15(17)18)26-20-16-8-12-30-21(16)23(20)10-5-11-23/h3-4,6-7,16-17,20-21H,5,8-14H2,1-2H3,(H2,24,25,26). The predicted octanol–water partition coefficient (Wildman–Crippen LogP) is 2.09. The van der Waals surface area contributed by atoms with E-state index in [2.05, 4.69) is 16.7 Å². The predicted molar refractivity (Wildman–Crippen MR) is 114 cm³/mol. The molecule has 1 aromatic carbocycles. The molecule has 0 bridgehead atoms. The smallest absolute Gasteiger partial charge is 0.243 e. The van der Waals surface area contributed by atoms with E-state index >= 15 is 0 Å². The summed E-state index contributed by atoms with van der Waals surface area (Å²) >= 11 is 0. The van der Waals surface area contributed by atoms with E-state index < -0.39 is 0 Å². The van der Waals surface area contributed by atoms with Crippen molar-refractivity contribution in [2.45, 2.75) is 50.3 Å². The number of fused-ring (bicyclic) bond motifs is 3. The average molecular weight is 413 g/mol. The Balaban J connectivity index is 1.36. The van der Waals surface area contributed by atoms with Crippen molar-refractivity contribution in [1.29, 1.82) is 0 Å². The highest BCUT2D eigenvalue weighted by atomic mass is 16.5. The molecule has 0 aromatic heterocycles. The van der Waals surface area contributed by atoms with Gasteiger partial charge in [-0.1, -0.05) is 24.6 Å². The number of carbonyl (C=O) groups excluding carboxylic acids is 1. The summed E-state index contributed by atoms with van der Waals surface area (Å²) in [6.07, 6.45) is 6.08. The number of hydrogen-bond donors (Lipinski definition) is 2. The Morgan fingerprint density at radius 2 is 2.03 bits per heavy atom. The molecule has 2 aliphatic heterocycles. The molecule has 4 aliphatic rings. The number of para-hydroxylation sites is 1. The van der Waals surface area contributed by atoms with Crippen LogP contribution in [0.25, 0.3) is 0 Å². The van der Waals surface area contributed by atoms with Crippen LogP contribution in [-0.4, -0.2) is 62.8 Å². The van der Waals surface area contributed by atoms with Gasteiger partial charge in [0, 0.05) is 50.1 Å². The highest BCUT2D eigenvalue weighted by Crippen LogP contribution is 2.62.